The quantitative estimate of drug-likeness (QED) is 0.770. The van der Waals surface area contributed by atoms with Crippen molar-refractivity contribution < 1.29 is 13.3 Å². The van der Waals surface area contributed by atoms with Crippen molar-refractivity contribution >= 4 is 9.84 Å². The van der Waals surface area contributed by atoms with E-state index < -0.39 is 15.9 Å². The van der Waals surface area contributed by atoms with Crippen molar-refractivity contribution in [2.45, 2.75) is 49.3 Å². The molecular weight excluding hydrogens is 358 g/mol. The van der Waals surface area contributed by atoms with Crippen LogP contribution in [0.15, 0.2) is 77.0 Å². The second-order valence-electron chi connectivity index (χ2n) is 7.39. The lowest BCUT2D eigenvalue weighted by molar-refractivity contribution is -0.160. The highest BCUT2D eigenvalue weighted by Crippen LogP contribution is 2.43. The monoisotopic (exact) mass is 383 g/mol. The van der Waals surface area contributed by atoms with Gasteiger partial charge in [-0.3, -0.25) is 4.84 Å². The van der Waals surface area contributed by atoms with Crippen LogP contribution in [0.1, 0.15) is 31.2 Å². The van der Waals surface area contributed by atoms with Crippen molar-refractivity contribution in [2.75, 3.05) is 0 Å². The molecule has 1 saturated carbocycles. The zero-order valence-electron chi connectivity index (χ0n) is 15.3. The Hall–Kier alpha value is -1.95. The molecule has 0 unspecified atom stereocenters. The highest BCUT2D eigenvalue weighted by molar-refractivity contribution is 7.95. The molecule has 2 fully saturated rings. The molecule has 0 bridgehead atoms. The van der Waals surface area contributed by atoms with Crippen LogP contribution in [0.25, 0.3) is 0 Å². The number of benzene rings is 2. The number of hydrogen-bond donors (Lipinski definition) is 0. The number of sulfone groups is 1. The zero-order chi connectivity index (χ0) is 18.9. The second-order valence-corrected chi connectivity index (χ2v) is 9.39. The van der Waals surface area contributed by atoms with Gasteiger partial charge in [-0.2, -0.15) is 5.06 Å². The predicted molar refractivity (Wildman–Crippen MR) is 105 cm³/mol. The van der Waals surface area contributed by atoms with E-state index in [2.05, 4.69) is 18.7 Å². The van der Waals surface area contributed by atoms with Crippen molar-refractivity contribution in [1.29, 1.82) is 0 Å². The van der Waals surface area contributed by atoms with Crippen molar-refractivity contribution in [2.24, 2.45) is 5.92 Å². The lowest BCUT2D eigenvalue weighted by atomic mass is 9.81. The van der Waals surface area contributed by atoms with Gasteiger partial charge in [0.05, 0.1) is 9.80 Å². The molecule has 1 heterocycles. The van der Waals surface area contributed by atoms with Gasteiger partial charge in [0.2, 0.25) is 9.84 Å². The fourth-order valence-electron chi connectivity index (χ4n) is 4.27. The summed E-state index contributed by atoms with van der Waals surface area (Å²) in [5.74, 6) is 0.174. The lowest BCUT2D eigenvalue weighted by Gasteiger charge is -2.29. The fraction of sp³-hybridized carbons (Fsp3) is 0.364. The summed E-state index contributed by atoms with van der Waals surface area (Å²) in [5.41, 5.74) is 1.17. The zero-order valence-corrected chi connectivity index (χ0v) is 16.1. The van der Waals surface area contributed by atoms with E-state index in [1.807, 2.05) is 29.3 Å². The first-order valence-electron chi connectivity index (χ1n) is 9.53. The molecule has 142 valence electrons. The number of rotatable bonds is 5. The Morgan fingerprint density at radius 1 is 1.00 bits per heavy atom. The maximum atomic E-state index is 13.1. The number of hydrogen-bond acceptors (Lipinski definition) is 4. The Labute approximate surface area is 161 Å². The summed E-state index contributed by atoms with van der Waals surface area (Å²) in [7, 11) is -3.62. The van der Waals surface area contributed by atoms with Crippen molar-refractivity contribution in [1.82, 2.24) is 5.06 Å². The van der Waals surface area contributed by atoms with Gasteiger partial charge in [0.25, 0.3) is 0 Å². The smallest absolute Gasteiger partial charge is 0.204 e. The van der Waals surface area contributed by atoms with Gasteiger partial charge in [-0.15, -0.1) is 0 Å². The van der Waals surface area contributed by atoms with E-state index in [1.165, 1.54) is 5.56 Å². The standard InChI is InChI=1S/C22H25NO3S/c1-17(27(24,25)19-12-6-3-7-13-19)22-20-14-8-9-15-21(20)23(26-22)16-18-10-4-2-5-11-18/h2-7,10-13,20-22H,1,8-9,14-16H2/t20-,21+,22+/m0/s1. The maximum Gasteiger partial charge on any atom is 0.204 e. The minimum Gasteiger partial charge on any atom is -0.289 e. The Balaban J connectivity index is 1.59. The molecule has 2 aliphatic rings. The summed E-state index contributed by atoms with van der Waals surface area (Å²) in [6.07, 6.45) is 3.79. The van der Waals surface area contributed by atoms with E-state index in [9.17, 15) is 8.42 Å². The van der Waals surface area contributed by atoms with Crippen molar-refractivity contribution in [3.05, 3.63) is 77.7 Å². The molecule has 3 atom stereocenters. The van der Waals surface area contributed by atoms with Crippen LogP contribution in [0.2, 0.25) is 0 Å². The van der Waals surface area contributed by atoms with Crippen LogP contribution in [-0.2, 0) is 21.2 Å². The molecule has 5 heteroatoms. The second kappa shape index (κ2) is 7.58. The van der Waals surface area contributed by atoms with Gasteiger partial charge in [-0.1, -0.05) is 68.0 Å². The fourth-order valence-corrected chi connectivity index (χ4v) is 5.61. The molecule has 0 N–H and O–H groups in total. The number of fused-ring (bicyclic) bond motifs is 1. The van der Waals surface area contributed by atoms with Crippen LogP contribution in [0, 0.1) is 5.92 Å². The van der Waals surface area contributed by atoms with Crippen LogP contribution in [0.3, 0.4) is 0 Å². The minimum absolute atomic E-state index is 0.174. The van der Waals surface area contributed by atoms with E-state index in [0.717, 1.165) is 25.7 Å². The topological polar surface area (TPSA) is 46.6 Å². The molecule has 1 aliphatic heterocycles. The third-order valence-corrected chi connectivity index (χ3v) is 7.50. The molecule has 2 aromatic carbocycles. The molecule has 27 heavy (non-hydrogen) atoms. The van der Waals surface area contributed by atoms with Gasteiger partial charge in [0, 0.05) is 18.5 Å². The summed E-state index contributed by atoms with van der Waals surface area (Å²) in [6.45, 7) is 4.64. The van der Waals surface area contributed by atoms with E-state index in [1.54, 1.807) is 24.3 Å². The Kier molecular flexibility index (Phi) is 5.17. The van der Waals surface area contributed by atoms with E-state index in [4.69, 9.17) is 4.84 Å². The average Bonchev–Trinajstić information content (AvgIpc) is 3.07. The highest BCUT2D eigenvalue weighted by Gasteiger charge is 2.47. The van der Waals surface area contributed by atoms with Gasteiger partial charge in [-0.05, 0) is 30.5 Å². The minimum atomic E-state index is -3.62. The van der Waals surface area contributed by atoms with Gasteiger partial charge in [-0.25, -0.2) is 8.42 Å². The molecule has 0 spiro atoms. The molecule has 0 amide bonds. The molecule has 1 aliphatic carbocycles. The van der Waals surface area contributed by atoms with Crippen LogP contribution in [-0.4, -0.2) is 25.6 Å². The highest BCUT2D eigenvalue weighted by atomic mass is 32.2. The molecule has 4 rings (SSSR count). The lowest BCUT2D eigenvalue weighted by Crippen LogP contribution is -2.34. The van der Waals surface area contributed by atoms with Crippen LogP contribution >= 0.6 is 0 Å². The summed E-state index contributed by atoms with van der Waals surface area (Å²) in [6, 6.07) is 18.9. The Bertz CT molecular complexity index is 896. The molecule has 1 saturated heterocycles. The van der Waals surface area contributed by atoms with Crippen molar-refractivity contribution in [3.8, 4) is 0 Å². The normalized spacial score (nSPS) is 25.9. The summed E-state index contributed by atoms with van der Waals surface area (Å²) in [4.78, 5) is 6.70. The van der Waals surface area contributed by atoms with Gasteiger partial charge < -0.3 is 0 Å². The average molecular weight is 384 g/mol. The largest absolute Gasteiger partial charge is 0.289 e. The Morgan fingerprint density at radius 3 is 2.33 bits per heavy atom. The maximum absolute atomic E-state index is 13.1. The molecule has 2 aromatic rings. The number of hydroxylamine groups is 2. The molecule has 0 aromatic heterocycles. The Morgan fingerprint density at radius 2 is 1.63 bits per heavy atom. The summed E-state index contributed by atoms with van der Waals surface area (Å²) >= 11 is 0. The SMILES string of the molecule is C=C([C@H]1ON(Cc2ccccc2)[C@@H]2CCCC[C@H]12)S(=O)(=O)c1ccccc1. The number of nitrogens with zero attached hydrogens (tertiary/aromatic N) is 1. The van der Waals surface area contributed by atoms with E-state index >= 15 is 0 Å². The third-order valence-electron chi connectivity index (χ3n) is 5.69. The summed E-state index contributed by atoms with van der Waals surface area (Å²) in [5, 5.41) is 2.00. The molecule has 0 radical (unpaired) electrons. The predicted octanol–water partition coefficient (Wildman–Crippen LogP) is 4.35. The first-order valence-corrected chi connectivity index (χ1v) is 11.0. The van der Waals surface area contributed by atoms with Crippen LogP contribution < -0.4 is 0 Å². The van der Waals surface area contributed by atoms with E-state index in [0.29, 0.717) is 6.54 Å². The third kappa shape index (κ3) is 3.59. The van der Waals surface area contributed by atoms with Crippen LogP contribution in [0.5, 0.6) is 0 Å². The molecule has 4 nitrogen and oxygen atoms in total. The van der Waals surface area contributed by atoms with Gasteiger partial charge in [0.1, 0.15) is 6.10 Å². The molecular formula is C22H25NO3S. The summed E-state index contributed by atoms with van der Waals surface area (Å²) < 4.78 is 26.1. The first-order chi connectivity index (χ1) is 13.1. The van der Waals surface area contributed by atoms with Crippen LogP contribution in [0.4, 0.5) is 0 Å². The van der Waals surface area contributed by atoms with Crippen molar-refractivity contribution in [3.63, 3.8) is 0 Å². The van der Waals surface area contributed by atoms with E-state index in [-0.39, 0.29) is 21.8 Å². The van der Waals surface area contributed by atoms with Gasteiger partial charge in [0.15, 0.2) is 0 Å². The van der Waals surface area contributed by atoms with Gasteiger partial charge >= 0.3 is 0 Å². The first kappa shape index (κ1) is 18.4.